The Kier molecular flexibility index (Phi) is 3.15. The minimum Gasteiger partial charge on any atom is -0.292 e. The highest BCUT2D eigenvalue weighted by Gasteiger charge is 2.05. The van der Waals surface area contributed by atoms with Crippen LogP contribution in [0.15, 0.2) is 12.1 Å². The quantitative estimate of drug-likeness (QED) is 0.675. The van der Waals surface area contributed by atoms with E-state index in [2.05, 4.69) is 0 Å². The average molecular weight is 186 g/mol. The Morgan fingerprint density at radius 1 is 1.64 bits per heavy atom. The van der Waals surface area contributed by atoms with E-state index in [0.717, 1.165) is 4.88 Å². The van der Waals surface area contributed by atoms with Crippen LogP contribution < -0.4 is 0 Å². The molecular weight excluding hydrogens is 176 g/mol. The van der Waals surface area contributed by atoms with Crippen LogP contribution in [0.1, 0.15) is 14.5 Å². The molecule has 1 nitrogen and oxygen atoms in total. The largest absolute Gasteiger partial charge is 0.292 e. The lowest BCUT2D eigenvalue weighted by atomic mass is 10.3. The number of hydrogen-bond donors (Lipinski definition) is 0. The van der Waals surface area contributed by atoms with Crippen LogP contribution in [0.2, 0.25) is 0 Å². The molecule has 0 aliphatic rings. The van der Waals surface area contributed by atoms with Crippen molar-refractivity contribution in [2.24, 2.45) is 0 Å². The second-order valence-corrected chi connectivity index (χ2v) is 4.42. The first-order valence-corrected chi connectivity index (χ1v) is 5.53. The maximum absolute atomic E-state index is 11.2. The summed E-state index contributed by atoms with van der Waals surface area (Å²) < 4.78 is 0. The van der Waals surface area contributed by atoms with E-state index >= 15 is 0 Å². The van der Waals surface area contributed by atoms with Gasteiger partial charge in [0.15, 0.2) is 5.78 Å². The van der Waals surface area contributed by atoms with Gasteiger partial charge in [0, 0.05) is 4.88 Å². The monoisotopic (exact) mass is 186 g/mol. The molecule has 0 aromatic carbocycles. The molecule has 3 heteroatoms. The minimum absolute atomic E-state index is 0.246. The molecule has 0 radical (unpaired) electrons. The van der Waals surface area contributed by atoms with E-state index < -0.39 is 0 Å². The summed E-state index contributed by atoms with van der Waals surface area (Å²) in [7, 11) is 0. The number of carbonyl (C=O) groups is 1. The number of thiophene rings is 1. The second-order valence-electron chi connectivity index (χ2n) is 2.27. The molecule has 0 aliphatic heterocycles. The van der Waals surface area contributed by atoms with Gasteiger partial charge in [-0.3, -0.25) is 4.79 Å². The smallest absolute Gasteiger partial charge is 0.182 e. The zero-order chi connectivity index (χ0) is 8.27. The van der Waals surface area contributed by atoms with Crippen molar-refractivity contribution in [1.29, 1.82) is 0 Å². The zero-order valence-corrected chi connectivity index (χ0v) is 8.22. The van der Waals surface area contributed by atoms with Crippen LogP contribution in [0.3, 0.4) is 0 Å². The number of hydrogen-bond acceptors (Lipinski definition) is 3. The highest BCUT2D eigenvalue weighted by atomic mass is 32.2. The number of aryl methyl sites for hydroxylation is 1. The number of Topliss-reactive ketones (excluding diaryl/α,β-unsaturated/α-hetero) is 1. The third-order valence-corrected chi connectivity index (χ3v) is 2.88. The lowest BCUT2D eigenvalue weighted by Crippen LogP contribution is -1.97. The van der Waals surface area contributed by atoms with E-state index in [1.165, 1.54) is 4.88 Å². The Balaban J connectivity index is 2.69. The summed E-state index contributed by atoms with van der Waals surface area (Å²) in [5.74, 6) is 0.843. The molecule has 0 N–H and O–H groups in total. The summed E-state index contributed by atoms with van der Waals surface area (Å²) in [6, 6.07) is 3.89. The molecule has 0 atom stereocenters. The molecule has 60 valence electrons. The van der Waals surface area contributed by atoms with Crippen LogP contribution >= 0.6 is 23.1 Å². The predicted molar refractivity (Wildman–Crippen MR) is 51.8 cm³/mol. The first-order valence-electron chi connectivity index (χ1n) is 3.32. The minimum atomic E-state index is 0.246. The average Bonchev–Trinajstić information content (AvgIpc) is 2.36. The fraction of sp³-hybridized carbons (Fsp3) is 0.375. The van der Waals surface area contributed by atoms with Crippen LogP contribution in [-0.4, -0.2) is 17.8 Å². The molecule has 11 heavy (non-hydrogen) atoms. The fourth-order valence-corrected chi connectivity index (χ4v) is 2.10. The van der Waals surface area contributed by atoms with Crippen LogP contribution in [0, 0.1) is 6.92 Å². The molecule has 1 aromatic rings. The molecular formula is C8H10OS2. The van der Waals surface area contributed by atoms with Gasteiger partial charge in [-0.2, -0.15) is 11.8 Å². The van der Waals surface area contributed by atoms with Crippen molar-refractivity contribution in [2.75, 3.05) is 12.0 Å². The topological polar surface area (TPSA) is 17.1 Å². The molecule has 1 rings (SSSR count). The van der Waals surface area contributed by atoms with Crippen LogP contribution in [-0.2, 0) is 0 Å². The summed E-state index contributed by atoms with van der Waals surface area (Å²) in [4.78, 5) is 13.3. The van der Waals surface area contributed by atoms with Crippen molar-refractivity contribution in [1.82, 2.24) is 0 Å². The molecule has 0 saturated carbocycles. The highest BCUT2D eigenvalue weighted by Crippen LogP contribution is 2.16. The molecule has 1 heterocycles. The van der Waals surface area contributed by atoms with Gasteiger partial charge in [0.2, 0.25) is 0 Å². The Bertz CT molecular complexity index is 252. The second kappa shape index (κ2) is 3.93. The molecule has 0 bridgehead atoms. The zero-order valence-electron chi connectivity index (χ0n) is 6.59. The van der Waals surface area contributed by atoms with Gasteiger partial charge in [-0.15, -0.1) is 11.3 Å². The van der Waals surface area contributed by atoms with Crippen molar-refractivity contribution in [3.63, 3.8) is 0 Å². The van der Waals surface area contributed by atoms with Crippen molar-refractivity contribution in [3.05, 3.63) is 21.9 Å². The Hall–Kier alpha value is -0.280. The van der Waals surface area contributed by atoms with Gasteiger partial charge in [-0.05, 0) is 25.3 Å². The van der Waals surface area contributed by atoms with Gasteiger partial charge in [0.1, 0.15) is 0 Å². The van der Waals surface area contributed by atoms with Crippen molar-refractivity contribution >= 4 is 28.9 Å². The molecule has 0 fully saturated rings. The first-order chi connectivity index (χ1) is 5.24. The summed E-state index contributed by atoms with van der Waals surface area (Å²) >= 11 is 3.14. The standard InChI is InChI=1S/C8H10OS2/c1-6-3-4-8(11-6)7(9)5-10-2/h3-4H,5H2,1-2H3. The lowest BCUT2D eigenvalue weighted by molar-refractivity contribution is 0.102. The van der Waals surface area contributed by atoms with E-state index in [1.54, 1.807) is 23.1 Å². The van der Waals surface area contributed by atoms with E-state index in [0.29, 0.717) is 5.75 Å². The van der Waals surface area contributed by atoms with E-state index in [-0.39, 0.29) is 5.78 Å². The molecule has 0 unspecified atom stereocenters. The Labute approximate surface area is 74.8 Å². The maximum Gasteiger partial charge on any atom is 0.182 e. The van der Waals surface area contributed by atoms with Crippen molar-refractivity contribution in [2.45, 2.75) is 6.92 Å². The molecule has 0 spiro atoms. The van der Waals surface area contributed by atoms with Gasteiger partial charge in [-0.1, -0.05) is 0 Å². The van der Waals surface area contributed by atoms with Crippen LogP contribution in [0.4, 0.5) is 0 Å². The number of ketones is 1. The number of thioether (sulfide) groups is 1. The SMILES string of the molecule is CSCC(=O)c1ccc(C)s1. The van der Waals surface area contributed by atoms with E-state index in [1.807, 2.05) is 25.3 Å². The third-order valence-electron chi connectivity index (χ3n) is 1.29. The number of carbonyl (C=O) groups excluding carboxylic acids is 1. The summed E-state index contributed by atoms with van der Waals surface area (Å²) in [6.07, 6.45) is 1.94. The van der Waals surface area contributed by atoms with Gasteiger partial charge in [-0.25, -0.2) is 0 Å². The van der Waals surface area contributed by atoms with Crippen LogP contribution in [0.25, 0.3) is 0 Å². The maximum atomic E-state index is 11.2. The molecule has 0 amide bonds. The van der Waals surface area contributed by atoms with Crippen LogP contribution in [0.5, 0.6) is 0 Å². The molecule has 0 aliphatic carbocycles. The van der Waals surface area contributed by atoms with Gasteiger partial charge < -0.3 is 0 Å². The van der Waals surface area contributed by atoms with Crippen molar-refractivity contribution < 1.29 is 4.79 Å². The summed E-state index contributed by atoms with van der Waals surface area (Å²) in [5, 5.41) is 0. The number of rotatable bonds is 3. The third kappa shape index (κ3) is 2.34. The Morgan fingerprint density at radius 3 is 2.82 bits per heavy atom. The normalized spacial score (nSPS) is 10.0. The Morgan fingerprint density at radius 2 is 2.36 bits per heavy atom. The van der Waals surface area contributed by atoms with E-state index in [9.17, 15) is 4.79 Å². The molecule has 0 saturated heterocycles. The van der Waals surface area contributed by atoms with Gasteiger partial charge >= 0.3 is 0 Å². The molecule has 1 aromatic heterocycles. The van der Waals surface area contributed by atoms with Gasteiger partial charge in [0.05, 0.1) is 10.6 Å². The van der Waals surface area contributed by atoms with Crippen molar-refractivity contribution in [3.8, 4) is 0 Å². The summed E-state index contributed by atoms with van der Waals surface area (Å²) in [6.45, 7) is 2.01. The fourth-order valence-electron chi connectivity index (χ4n) is 0.787. The predicted octanol–water partition coefficient (Wildman–Crippen LogP) is 2.60. The lowest BCUT2D eigenvalue weighted by Gasteiger charge is -1.91. The summed E-state index contributed by atoms with van der Waals surface area (Å²) in [5.41, 5.74) is 0. The first kappa shape index (κ1) is 8.81. The van der Waals surface area contributed by atoms with Gasteiger partial charge in [0.25, 0.3) is 0 Å². The highest BCUT2D eigenvalue weighted by molar-refractivity contribution is 7.99. The van der Waals surface area contributed by atoms with E-state index in [4.69, 9.17) is 0 Å².